The third kappa shape index (κ3) is 4.26. The largest absolute Gasteiger partial charge is 0.481 e. The van der Waals surface area contributed by atoms with E-state index in [0.29, 0.717) is 18.5 Å². The number of hydrogen-bond acceptors (Lipinski definition) is 4. The molecule has 5 nitrogen and oxygen atoms in total. The van der Waals surface area contributed by atoms with E-state index in [1.165, 1.54) is 0 Å². The molecule has 0 spiro atoms. The summed E-state index contributed by atoms with van der Waals surface area (Å²) in [6.45, 7) is 1.85. The molecule has 1 saturated carbocycles. The summed E-state index contributed by atoms with van der Waals surface area (Å²) in [5.41, 5.74) is 0.590. The number of carbonyl (C=O) groups excluding carboxylic acids is 1. The van der Waals surface area contributed by atoms with Gasteiger partial charge in [-0.2, -0.15) is 5.26 Å². The molecule has 1 aliphatic carbocycles. The fourth-order valence-corrected chi connectivity index (χ4v) is 3.57. The number of carboxylic acids is 1. The van der Waals surface area contributed by atoms with E-state index in [0.717, 1.165) is 41.5 Å². The number of aliphatic carboxylic acids is 1. The van der Waals surface area contributed by atoms with Crippen LogP contribution in [-0.2, 0) is 9.59 Å². The van der Waals surface area contributed by atoms with Crippen LogP contribution in [0, 0.1) is 23.0 Å². The van der Waals surface area contributed by atoms with Crippen LogP contribution in [0.3, 0.4) is 0 Å². The molecule has 6 heteroatoms. The molecular weight excluding hydrogens is 312 g/mol. The highest BCUT2D eigenvalue weighted by Gasteiger charge is 2.41. The molecule has 0 aliphatic heterocycles. The normalized spacial score (nSPS) is 16.3. The smallest absolute Gasteiger partial charge is 0.310 e. The van der Waals surface area contributed by atoms with Gasteiger partial charge in [-0.3, -0.25) is 9.59 Å². The third-order valence-electron chi connectivity index (χ3n) is 4.40. The van der Waals surface area contributed by atoms with E-state index in [2.05, 4.69) is 5.32 Å². The summed E-state index contributed by atoms with van der Waals surface area (Å²) in [4.78, 5) is 24.8. The fourth-order valence-electron chi connectivity index (χ4n) is 3.09. The van der Waals surface area contributed by atoms with Crippen LogP contribution in [-0.4, -0.2) is 17.0 Å². The van der Waals surface area contributed by atoms with Gasteiger partial charge in [0.1, 0.15) is 5.40 Å². The van der Waals surface area contributed by atoms with Gasteiger partial charge in [-0.15, -0.1) is 0 Å². The Morgan fingerprint density at radius 1 is 1.35 bits per heavy atom. The molecule has 1 fully saturated rings. The molecule has 23 heavy (non-hydrogen) atoms. The van der Waals surface area contributed by atoms with E-state index in [1.807, 2.05) is 18.4 Å². The predicted octanol–water partition coefficient (Wildman–Crippen LogP) is 3.93. The van der Waals surface area contributed by atoms with Crippen molar-refractivity contribution in [3.63, 3.8) is 0 Å². The number of benzene rings is 1. The Hall–Kier alpha value is -2.00. The average molecular weight is 332 g/mol. The van der Waals surface area contributed by atoms with Crippen LogP contribution in [0.4, 0.5) is 5.69 Å². The van der Waals surface area contributed by atoms with Crippen molar-refractivity contribution < 1.29 is 14.7 Å². The third-order valence-corrected chi connectivity index (χ3v) is 4.98. The predicted molar refractivity (Wildman–Crippen MR) is 89.0 cm³/mol. The number of amides is 1. The summed E-state index contributed by atoms with van der Waals surface area (Å²) in [6.07, 6.45) is 3.89. The minimum absolute atomic E-state index is 0.0104. The van der Waals surface area contributed by atoms with Gasteiger partial charge in [0.2, 0.25) is 5.91 Å². The summed E-state index contributed by atoms with van der Waals surface area (Å²) >= 11 is 1.06. The Kier molecular flexibility index (Phi) is 5.67. The highest BCUT2D eigenvalue weighted by Crippen LogP contribution is 2.40. The monoisotopic (exact) mass is 332 g/mol. The standard InChI is InChI=1S/C17H20N2O3S/c1-12-9-13(23-11-18)5-6-14(12)19-15(20)10-17(16(21)22)7-3-2-4-8-17/h5-6,9H,2-4,7-8,10H2,1H3,(H,19,20)(H,21,22). The molecule has 122 valence electrons. The van der Waals surface area contributed by atoms with Crippen LogP contribution in [0.2, 0.25) is 0 Å². The lowest BCUT2D eigenvalue weighted by molar-refractivity contribution is -0.153. The van der Waals surface area contributed by atoms with Crippen molar-refractivity contribution in [1.82, 2.24) is 0 Å². The molecule has 0 radical (unpaired) electrons. The van der Waals surface area contributed by atoms with Gasteiger partial charge >= 0.3 is 5.97 Å². The van der Waals surface area contributed by atoms with Crippen molar-refractivity contribution in [3.8, 4) is 5.40 Å². The molecular formula is C17H20N2O3S. The van der Waals surface area contributed by atoms with Gasteiger partial charge in [-0.1, -0.05) is 19.3 Å². The molecule has 0 unspecified atom stereocenters. The molecule has 0 atom stereocenters. The van der Waals surface area contributed by atoms with Crippen LogP contribution in [0.1, 0.15) is 44.1 Å². The number of rotatable bonds is 5. The van der Waals surface area contributed by atoms with Gasteiger partial charge in [0.15, 0.2) is 0 Å². The second kappa shape index (κ2) is 7.51. The van der Waals surface area contributed by atoms with Crippen LogP contribution >= 0.6 is 11.8 Å². The zero-order valence-corrected chi connectivity index (χ0v) is 13.9. The zero-order valence-electron chi connectivity index (χ0n) is 13.1. The number of aryl methyl sites for hydroxylation is 1. The van der Waals surface area contributed by atoms with E-state index in [1.54, 1.807) is 12.1 Å². The molecule has 2 rings (SSSR count). The van der Waals surface area contributed by atoms with Crippen molar-refractivity contribution in [3.05, 3.63) is 23.8 Å². The van der Waals surface area contributed by atoms with Gasteiger partial charge in [-0.05, 0) is 55.3 Å². The number of thioether (sulfide) groups is 1. The number of nitrogens with zero attached hydrogens (tertiary/aromatic N) is 1. The van der Waals surface area contributed by atoms with Gasteiger partial charge in [0.05, 0.1) is 5.41 Å². The maximum absolute atomic E-state index is 12.3. The average Bonchev–Trinajstić information content (AvgIpc) is 2.51. The van der Waals surface area contributed by atoms with E-state index in [9.17, 15) is 14.7 Å². The van der Waals surface area contributed by atoms with Crippen LogP contribution < -0.4 is 5.32 Å². The minimum Gasteiger partial charge on any atom is -0.481 e. The molecule has 2 N–H and O–H groups in total. The lowest BCUT2D eigenvalue weighted by Crippen LogP contribution is -2.37. The van der Waals surface area contributed by atoms with Gasteiger partial charge in [-0.25, -0.2) is 0 Å². The van der Waals surface area contributed by atoms with Crippen LogP contribution in [0.25, 0.3) is 0 Å². The molecule has 1 aliphatic rings. The van der Waals surface area contributed by atoms with E-state index >= 15 is 0 Å². The Bertz CT molecular complexity index is 646. The Morgan fingerprint density at radius 3 is 2.61 bits per heavy atom. The van der Waals surface area contributed by atoms with Crippen LogP contribution in [0.5, 0.6) is 0 Å². The molecule has 1 aromatic carbocycles. The summed E-state index contributed by atoms with van der Waals surface area (Å²) < 4.78 is 0. The van der Waals surface area contributed by atoms with Crippen molar-refractivity contribution >= 4 is 29.3 Å². The van der Waals surface area contributed by atoms with E-state index in [-0.39, 0.29) is 12.3 Å². The molecule has 0 heterocycles. The van der Waals surface area contributed by atoms with Gasteiger partial charge in [0.25, 0.3) is 0 Å². The molecule has 0 aromatic heterocycles. The fraction of sp³-hybridized carbons (Fsp3) is 0.471. The SMILES string of the molecule is Cc1cc(SC#N)ccc1NC(=O)CC1(C(=O)O)CCCCC1. The van der Waals surface area contributed by atoms with Crippen molar-refractivity contribution in [1.29, 1.82) is 5.26 Å². The Balaban J connectivity index is 2.07. The van der Waals surface area contributed by atoms with Gasteiger partial charge < -0.3 is 10.4 Å². The zero-order chi connectivity index (χ0) is 16.9. The summed E-state index contributed by atoms with van der Waals surface area (Å²) in [7, 11) is 0. The summed E-state index contributed by atoms with van der Waals surface area (Å²) in [6, 6.07) is 5.35. The first-order valence-electron chi connectivity index (χ1n) is 7.67. The molecule has 1 amide bonds. The minimum atomic E-state index is -0.924. The highest BCUT2D eigenvalue weighted by atomic mass is 32.2. The van der Waals surface area contributed by atoms with Crippen molar-refractivity contribution in [2.45, 2.75) is 50.3 Å². The number of hydrogen-bond donors (Lipinski definition) is 2. The lowest BCUT2D eigenvalue weighted by atomic mass is 9.71. The van der Waals surface area contributed by atoms with Gasteiger partial charge in [0, 0.05) is 17.0 Å². The first kappa shape index (κ1) is 17.4. The molecule has 0 saturated heterocycles. The summed E-state index contributed by atoms with van der Waals surface area (Å²) in [5, 5.41) is 23.0. The Morgan fingerprint density at radius 2 is 2.04 bits per heavy atom. The number of carboxylic acid groups (broad SMARTS) is 1. The Labute approximate surface area is 140 Å². The molecule has 1 aromatic rings. The quantitative estimate of drug-likeness (QED) is 0.630. The second-order valence-electron chi connectivity index (χ2n) is 6.04. The number of carbonyl (C=O) groups is 2. The lowest BCUT2D eigenvalue weighted by Gasteiger charge is -2.32. The maximum atomic E-state index is 12.3. The summed E-state index contributed by atoms with van der Waals surface area (Å²) in [5.74, 6) is -1.14. The number of anilines is 1. The topological polar surface area (TPSA) is 90.2 Å². The number of thiocyanates is 1. The first-order valence-corrected chi connectivity index (χ1v) is 8.48. The second-order valence-corrected chi connectivity index (χ2v) is 6.90. The highest BCUT2D eigenvalue weighted by molar-refractivity contribution is 8.03. The van der Waals surface area contributed by atoms with Crippen molar-refractivity contribution in [2.75, 3.05) is 5.32 Å². The molecule has 0 bridgehead atoms. The van der Waals surface area contributed by atoms with Crippen LogP contribution in [0.15, 0.2) is 23.1 Å². The first-order chi connectivity index (χ1) is 11.0. The van der Waals surface area contributed by atoms with E-state index in [4.69, 9.17) is 5.26 Å². The number of nitrogens with one attached hydrogen (secondary N) is 1. The van der Waals surface area contributed by atoms with Crippen molar-refractivity contribution in [2.24, 2.45) is 5.41 Å². The number of nitriles is 1. The van der Waals surface area contributed by atoms with E-state index < -0.39 is 11.4 Å². The maximum Gasteiger partial charge on any atom is 0.310 e.